The summed E-state index contributed by atoms with van der Waals surface area (Å²) in [5.74, 6) is -2.12. The van der Waals surface area contributed by atoms with E-state index in [1.54, 1.807) is 0 Å². The van der Waals surface area contributed by atoms with Crippen LogP contribution in [0.5, 0.6) is 0 Å². The number of benzene rings is 1. The summed E-state index contributed by atoms with van der Waals surface area (Å²) in [6.45, 7) is 4.92. The lowest BCUT2D eigenvalue weighted by Crippen LogP contribution is -2.48. The molecule has 0 unspecified atom stereocenters. The van der Waals surface area contributed by atoms with E-state index in [1.165, 1.54) is 6.92 Å². The number of carbonyl (C=O) groups excluding carboxylic acids is 4. The highest BCUT2D eigenvalue weighted by Crippen LogP contribution is 2.02. The Hall–Kier alpha value is -3.29. The average molecular weight is 358 g/mol. The zero-order valence-corrected chi connectivity index (χ0v) is 14.5. The Balaban J connectivity index is 2.72. The van der Waals surface area contributed by atoms with Crippen molar-refractivity contribution in [2.45, 2.75) is 32.4 Å². The number of hydrogen-bond acceptors (Lipinski definition) is 5. The molecule has 0 aromatic heterocycles. The molecule has 0 radical (unpaired) electrons. The van der Waals surface area contributed by atoms with Gasteiger partial charge in [-0.25, -0.2) is 0 Å². The van der Waals surface area contributed by atoms with Gasteiger partial charge in [-0.05, 0) is 12.0 Å². The predicted octanol–water partition coefficient (Wildman–Crippen LogP) is 0.436. The fraction of sp³-hybridized carbons (Fsp3) is 0.278. The van der Waals surface area contributed by atoms with Gasteiger partial charge in [-0.2, -0.15) is 0 Å². The normalized spacial score (nSPS) is 11.0. The largest absolute Gasteiger partial charge is 0.350 e. The van der Waals surface area contributed by atoms with Gasteiger partial charge in [0.2, 0.25) is 11.8 Å². The molecule has 138 valence electrons. The molecule has 1 rings (SSSR count). The Labute approximate surface area is 151 Å². The van der Waals surface area contributed by atoms with Crippen molar-refractivity contribution in [3.63, 3.8) is 0 Å². The Morgan fingerprint density at radius 1 is 1.19 bits per heavy atom. The maximum Gasteiger partial charge on any atom is 0.267 e. The fourth-order valence-corrected chi connectivity index (χ4v) is 2.05. The van der Waals surface area contributed by atoms with E-state index < -0.39 is 29.5 Å². The molecular weight excluding hydrogens is 336 g/mol. The van der Waals surface area contributed by atoms with Gasteiger partial charge in [0, 0.05) is 19.9 Å². The number of hydrogen-bond donors (Lipinski definition) is 4. The quantitative estimate of drug-likeness (QED) is 0.357. The number of amides is 3. The van der Waals surface area contributed by atoms with E-state index >= 15 is 0 Å². The average Bonchev–Trinajstić information content (AvgIpc) is 2.62. The first-order valence-electron chi connectivity index (χ1n) is 7.95. The van der Waals surface area contributed by atoms with Crippen molar-refractivity contribution >= 4 is 29.7 Å². The van der Waals surface area contributed by atoms with Crippen LogP contribution in [0.25, 0.3) is 0 Å². The van der Waals surface area contributed by atoms with Crippen LogP contribution in [0.3, 0.4) is 0 Å². The van der Waals surface area contributed by atoms with Gasteiger partial charge >= 0.3 is 0 Å². The summed E-state index contributed by atoms with van der Waals surface area (Å²) in [6, 6.07) is 8.20. The molecule has 0 aliphatic heterocycles. The highest BCUT2D eigenvalue weighted by Gasteiger charge is 2.22. The zero-order chi connectivity index (χ0) is 19.5. The second-order valence-electron chi connectivity index (χ2n) is 5.54. The topological polar surface area (TPSA) is 128 Å². The molecule has 1 aromatic carbocycles. The minimum atomic E-state index is -0.999. The Kier molecular flexibility index (Phi) is 8.42. The molecule has 0 bridgehead atoms. The molecule has 0 saturated carbocycles. The second-order valence-corrected chi connectivity index (χ2v) is 5.54. The van der Waals surface area contributed by atoms with Crippen molar-refractivity contribution in [1.29, 1.82) is 5.41 Å². The van der Waals surface area contributed by atoms with Crippen LogP contribution in [0.15, 0.2) is 42.6 Å². The summed E-state index contributed by atoms with van der Waals surface area (Å²) in [6.07, 6.45) is 0.616. The van der Waals surface area contributed by atoms with Crippen LogP contribution in [-0.4, -0.2) is 35.8 Å². The third-order valence-corrected chi connectivity index (χ3v) is 3.37. The molecular formula is C18H22N4O4. The molecule has 0 heterocycles. The number of carbonyl (C=O) groups is 4. The van der Waals surface area contributed by atoms with Crippen molar-refractivity contribution in [3.05, 3.63) is 48.2 Å². The molecule has 8 nitrogen and oxygen atoms in total. The Morgan fingerprint density at radius 3 is 2.42 bits per heavy atom. The van der Waals surface area contributed by atoms with E-state index in [4.69, 9.17) is 5.41 Å². The number of nitrogens with one attached hydrogen (secondary N) is 4. The number of rotatable bonds is 10. The SMILES string of the molecule is C=C(NC(C)=O)C(=O)N[C@@H](CCC(=O)C=N)C(=O)NCc1ccccc1. The van der Waals surface area contributed by atoms with Gasteiger partial charge in [-0.3, -0.25) is 19.2 Å². The van der Waals surface area contributed by atoms with E-state index in [0.717, 1.165) is 5.56 Å². The smallest absolute Gasteiger partial charge is 0.267 e. The minimum Gasteiger partial charge on any atom is -0.350 e. The summed E-state index contributed by atoms with van der Waals surface area (Å²) >= 11 is 0. The summed E-state index contributed by atoms with van der Waals surface area (Å²) in [5, 5.41) is 14.3. The van der Waals surface area contributed by atoms with E-state index in [0.29, 0.717) is 6.21 Å². The first-order chi connectivity index (χ1) is 12.3. The standard InChI is InChI=1S/C18H22N4O4/c1-12(21-13(2)23)17(25)22-16(9-8-15(24)10-19)18(26)20-11-14-6-4-3-5-7-14/h3-7,10,16,19H,1,8-9,11H2,2H3,(H,20,26)(H,21,23)(H,22,25)/t16-/m0/s1. The minimum absolute atomic E-state index is 0.0218. The van der Waals surface area contributed by atoms with E-state index in [-0.39, 0.29) is 25.1 Å². The van der Waals surface area contributed by atoms with Crippen molar-refractivity contribution in [3.8, 4) is 0 Å². The maximum atomic E-state index is 12.4. The van der Waals surface area contributed by atoms with E-state index in [9.17, 15) is 19.2 Å². The zero-order valence-electron chi connectivity index (χ0n) is 14.5. The molecule has 1 aromatic rings. The van der Waals surface area contributed by atoms with Crippen LogP contribution >= 0.6 is 0 Å². The van der Waals surface area contributed by atoms with Gasteiger partial charge in [-0.15, -0.1) is 0 Å². The van der Waals surface area contributed by atoms with Crippen molar-refractivity contribution < 1.29 is 19.2 Å². The molecule has 4 N–H and O–H groups in total. The van der Waals surface area contributed by atoms with Crippen LogP contribution in [0.4, 0.5) is 0 Å². The second kappa shape index (κ2) is 10.5. The molecule has 0 fully saturated rings. The van der Waals surface area contributed by atoms with Crippen LogP contribution in [0.2, 0.25) is 0 Å². The fourth-order valence-electron chi connectivity index (χ4n) is 2.05. The number of ketones is 1. The lowest BCUT2D eigenvalue weighted by molar-refractivity contribution is -0.128. The van der Waals surface area contributed by atoms with Crippen LogP contribution < -0.4 is 16.0 Å². The van der Waals surface area contributed by atoms with E-state index in [2.05, 4.69) is 22.5 Å². The monoisotopic (exact) mass is 358 g/mol. The summed E-state index contributed by atoms with van der Waals surface area (Å²) in [5.41, 5.74) is 0.681. The van der Waals surface area contributed by atoms with Gasteiger partial charge in [0.25, 0.3) is 5.91 Å². The molecule has 8 heteroatoms. The molecule has 26 heavy (non-hydrogen) atoms. The first-order valence-corrected chi connectivity index (χ1v) is 7.95. The third-order valence-electron chi connectivity index (χ3n) is 3.37. The van der Waals surface area contributed by atoms with Crippen molar-refractivity contribution in [1.82, 2.24) is 16.0 Å². The molecule has 1 atom stereocenters. The Morgan fingerprint density at radius 2 is 1.85 bits per heavy atom. The highest BCUT2D eigenvalue weighted by molar-refractivity contribution is 6.26. The summed E-state index contributed by atoms with van der Waals surface area (Å²) in [4.78, 5) is 46.7. The number of Topliss-reactive ketones (excluding diaryl/α,β-unsaturated/α-hetero) is 1. The lowest BCUT2D eigenvalue weighted by atomic mass is 10.1. The molecule has 0 aliphatic rings. The molecule has 3 amide bonds. The summed E-state index contributed by atoms with van der Waals surface area (Å²) < 4.78 is 0. The van der Waals surface area contributed by atoms with Gasteiger partial charge in [0.1, 0.15) is 6.04 Å². The molecule has 0 aliphatic carbocycles. The Bertz CT molecular complexity index is 700. The first kappa shape index (κ1) is 20.8. The van der Waals surface area contributed by atoms with Crippen LogP contribution in [0.1, 0.15) is 25.3 Å². The molecule has 0 saturated heterocycles. The van der Waals surface area contributed by atoms with Crippen molar-refractivity contribution in [2.24, 2.45) is 0 Å². The van der Waals surface area contributed by atoms with Crippen LogP contribution in [-0.2, 0) is 25.7 Å². The summed E-state index contributed by atoms with van der Waals surface area (Å²) in [7, 11) is 0. The predicted molar refractivity (Wildman–Crippen MR) is 96.2 cm³/mol. The maximum absolute atomic E-state index is 12.4. The third kappa shape index (κ3) is 7.52. The van der Waals surface area contributed by atoms with Crippen molar-refractivity contribution in [2.75, 3.05) is 0 Å². The highest BCUT2D eigenvalue weighted by atomic mass is 16.2. The van der Waals surface area contributed by atoms with Gasteiger partial charge in [0.05, 0.1) is 11.9 Å². The van der Waals surface area contributed by atoms with Crippen LogP contribution in [0, 0.1) is 5.41 Å². The van der Waals surface area contributed by atoms with Gasteiger partial charge in [0.15, 0.2) is 5.78 Å². The van der Waals surface area contributed by atoms with Gasteiger partial charge in [-0.1, -0.05) is 36.9 Å². The van der Waals surface area contributed by atoms with E-state index in [1.807, 2.05) is 30.3 Å². The molecule has 0 spiro atoms. The van der Waals surface area contributed by atoms with Gasteiger partial charge < -0.3 is 21.4 Å². The lowest BCUT2D eigenvalue weighted by Gasteiger charge is -2.19.